The van der Waals surface area contributed by atoms with E-state index in [1.807, 2.05) is 13.8 Å². The summed E-state index contributed by atoms with van der Waals surface area (Å²) < 4.78 is 36.5. The number of alkyl halides is 3. The summed E-state index contributed by atoms with van der Waals surface area (Å²) in [6.07, 6.45) is -4.15. The number of hydrogen-bond donors (Lipinski definition) is 0. The van der Waals surface area contributed by atoms with Gasteiger partial charge in [0, 0.05) is 32.2 Å². The minimum atomic E-state index is -4.15. The van der Waals surface area contributed by atoms with Gasteiger partial charge in [-0.1, -0.05) is 0 Å². The van der Waals surface area contributed by atoms with Gasteiger partial charge in [0.15, 0.2) is 0 Å². The quantitative estimate of drug-likeness (QED) is 0.674. The largest absolute Gasteiger partial charge is 0.460 e. The molecule has 1 heterocycles. The van der Waals surface area contributed by atoms with Gasteiger partial charge in [-0.05, 0) is 13.8 Å². The first-order valence-electron chi connectivity index (χ1n) is 4.47. The molecule has 15 heavy (non-hydrogen) atoms. The van der Waals surface area contributed by atoms with Crippen molar-refractivity contribution < 1.29 is 13.2 Å². The Morgan fingerprint density at radius 2 is 1.33 bits per heavy atom. The van der Waals surface area contributed by atoms with Gasteiger partial charge in [-0.25, -0.2) is 4.90 Å². The van der Waals surface area contributed by atoms with Gasteiger partial charge >= 0.3 is 6.30 Å². The lowest BCUT2D eigenvalue weighted by Crippen LogP contribution is -2.53. The average molecular weight is 269 g/mol. The van der Waals surface area contributed by atoms with E-state index in [-0.39, 0.29) is 37.9 Å². The lowest BCUT2D eigenvalue weighted by molar-refractivity contribution is -0.253. The van der Waals surface area contributed by atoms with E-state index in [2.05, 4.69) is 4.90 Å². The fourth-order valence-corrected chi connectivity index (χ4v) is 1.49. The minimum absolute atomic E-state index is 0. The fraction of sp³-hybridized carbons (Fsp3) is 1.00. The Morgan fingerprint density at radius 3 is 1.60 bits per heavy atom. The lowest BCUT2D eigenvalue weighted by atomic mass is 10.2. The van der Waals surface area contributed by atoms with Crippen LogP contribution in [0, 0.1) is 0 Å². The molecule has 1 rings (SSSR count). The Balaban J connectivity index is 0. The summed E-state index contributed by atoms with van der Waals surface area (Å²) in [5, 5.41) is 0. The number of piperazine rings is 1. The summed E-state index contributed by atoms with van der Waals surface area (Å²) in [5.41, 5.74) is 0. The van der Waals surface area contributed by atoms with Crippen LogP contribution in [0.3, 0.4) is 0 Å². The molecule has 0 amide bonds. The zero-order valence-corrected chi connectivity index (χ0v) is 10.4. The maximum Gasteiger partial charge on any atom is 0.460 e. The van der Waals surface area contributed by atoms with Crippen molar-refractivity contribution in [2.75, 3.05) is 26.2 Å². The van der Waals surface area contributed by atoms with E-state index < -0.39 is 6.30 Å². The highest BCUT2D eigenvalue weighted by atomic mass is 35.5. The van der Waals surface area contributed by atoms with Crippen LogP contribution in [0.25, 0.3) is 0 Å². The molecule has 1 aliphatic rings. The predicted molar refractivity (Wildman–Crippen MR) is 58.8 cm³/mol. The van der Waals surface area contributed by atoms with Gasteiger partial charge in [0.25, 0.3) is 0 Å². The van der Waals surface area contributed by atoms with Gasteiger partial charge in [0.05, 0.1) is 0 Å². The van der Waals surface area contributed by atoms with Crippen LogP contribution in [0.15, 0.2) is 0 Å². The van der Waals surface area contributed by atoms with Crippen molar-refractivity contribution >= 4 is 24.8 Å². The molecule has 0 N–H and O–H groups in total. The Morgan fingerprint density at radius 1 is 0.933 bits per heavy atom. The molecule has 7 heteroatoms. The second-order valence-corrected chi connectivity index (χ2v) is 3.58. The summed E-state index contributed by atoms with van der Waals surface area (Å²) in [4.78, 5) is 2.63. The second kappa shape index (κ2) is 6.78. The number of hydrogen-bond acceptors (Lipinski definition) is 2. The average Bonchev–Trinajstić information content (AvgIpc) is 2.03. The molecular formula is C8H17Cl2F3N2. The number of rotatable bonds is 1. The van der Waals surface area contributed by atoms with Gasteiger partial charge in [-0.3, -0.25) is 4.90 Å². The van der Waals surface area contributed by atoms with Gasteiger partial charge in [-0.2, -0.15) is 13.2 Å². The molecule has 0 aromatic heterocycles. The third-order valence-corrected chi connectivity index (χ3v) is 2.40. The van der Waals surface area contributed by atoms with Crippen molar-refractivity contribution in [3.63, 3.8) is 0 Å². The van der Waals surface area contributed by atoms with Crippen molar-refractivity contribution in [1.82, 2.24) is 9.80 Å². The molecular weight excluding hydrogens is 252 g/mol. The molecule has 0 bridgehead atoms. The highest BCUT2D eigenvalue weighted by Gasteiger charge is 2.38. The highest BCUT2D eigenvalue weighted by molar-refractivity contribution is 5.85. The summed E-state index contributed by atoms with van der Waals surface area (Å²) in [5.74, 6) is 0. The number of nitrogens with zero attached hydrogens (tertiary/aromatic N) is 2. The molecule has 94 valence electrons. The zero-order valence-electron chi connectivity index (χ0n) is 8.75. The minimum Gasteiger partial charge on any atom is -0.298 e. The van der Waals surface area contributed by atoms with Gasteiger partial charge in [0.2, 0.25) is 0 Å². The Hall–Kier alpha value is 0.290. The van der Waals surface area contributed by atoms with E-state index in [0.717, 1.165) is 0 Å². The standard InChI is InChI=1S/C8H15F3N2.2ClH/c1-7(2)12-3-5-13(6-4-12)8(9,10)11;;/h7H,3-6H2,1-2H3;2*1H. The summed E-state index contributed by atoms with van der Waals surface area (Å²) in [6, 6.07) is 0.343. The van der Waals surface area contributed by atoms with Crippen molar-refractivity contribution in [2.24, 2.45) is 0 Å². The van der Waals surface area contributed by atoms with E-state index in [4.69, 9.17) is 0 Å². The summed E-state index contributed by atoms with van der Waals surface area (Å²) in [7, 11) is 0. The number of halogens is 5. The van der Waals surface area contributed by atoms with E-state index in [0.29, 0.717) is 24.0 Å². The normalized spacial score (nSPS) is 19.6. The first-order valence-corrected chi connectivity index (χ1v) is 4.47. The molecule has 1 saturated heterocycles. The van der Waals surface area contributed by atoms with Crippen LogP contribution in [0.2, 0.25) is 0 Å². The van der Waals surface area contributed by atoms with Crippen molar-refractivity contribution in [2.45, 2.75) is 26.2 Å². The molecule has 0 spiro atoms. The van der Waals surface area contributed by atoms with Crippen LogP contribution in [0.1, 0.15) is 13.8 Å². The topological polar surface area (TPSA) is 6.48 Å². The van der Waals surface area contributed by atoms with Crippen LogP contribution < -0.4 is 0 Å². The fourth-order valence-electron chi connectivity index (χ4n) is 1.49. The lowest BCUT2D eigenvalue weighted by Gasteiger charge is -2.37. The molecule has 0 radical (unpaired) electrons. The highest BCUT2D eigenvalue weighted by Crippen LogP contribution is 2.22. The second-order valence-electron chi connectivity index (χ2n) is 3.58. The van der Waals surface area contributed by atoms with Crippen LogP contribution in [-0.4, -0.2) is 48.3 Å². The maximum atomic E-state index is 12.2. The molecule has 0 saturated carbocycles. The third-order valence-electron chi connectivity index (χ3n) is 2.40. The van der Waals surface area contributed by atoms with Crippen LogP contribution in [-0.2, 0) is 0 Å². The molecule has 0 aliphatic carbocycles. The van der Waals surface area contributed by atoms with Crippen molar-refractivity contribution in [1.29, 1.82) is 0 Å². The Kier molecular flexibility index (Phi) is 7.99. The predicted octanol–water partition coefficient (Wildman–Crippen LogP) is 2.38. The summed E-state index contributed by atoms with van der Waals surface area (Å²) in [6.45, 7) is 5.23. The SMILES string of the molecule is CC(C)N1CCN(C(F)(F)F)CC1.Cl.Cl. The van der Waals surface area contributed by atoms with E-state index >= 15 is 0 Å². The molecule has 0 atom stereocenters. The molecule has 1 fully saturated rings. The first kappa shape index (κ1) is 17.7. The van der Waals surface area contributed by atoms with Gasteiger partial charge < -0.3 is 0 Å². The smallest absolute Gasteiger partial charge is 0.298 e. The van der Waals surface area contributed by atoms with Crippen LogP contribution in [0.4, 0.5) is 13.2 Å². The Bertz CT molecular complexity index is 168. The third kappa shape index (κ3) is 5.24. The van der Waals surface area contributed by atoms with Crippen LogP contribution in [0.5, 0.6) is 0 Å². The van der Waals surface area contributed by atoms with Crippen molar-refractivity contribution in [3.8, 4) is 0 Å². The molecule has 2 nitrogen and oxygen atoms in total. The van der Waals surface area contributed by atoms with E-state index in [9.17, 15) is 13.2 Å². The Labute approximate surface area is 101 Å². The van der Waals surface area contributed by atoms with E-state index in [1.165, 1.54) is 0 Å². The van der Waals surface area contributed by atoms with E-state index in [1.54, 1.807) is 0 Å². The maximum absolute atomic E-state index is 12.2. The molecule has 0 aromatic rings. The van der Waals surface area contributed by atoms with Crippen molar-refractivity contribution in [3.05, 3.63) is 0 Å². The molecule has 0 unspecified atom stereocenters. The molecule has 0 aromatic carbocycles. The summed E-state index contributed by atoms with van der Waals surface area (Å²) >= 11 is 0. The van der Waals surface area contributed by atoms with Gasteiger partial charge in [0.1, 0.15) is 0 Å². The molecule has 1 aliphatic heterocycles. The first-order chi connectivity index (χ1) is 5.91. The monoisotopic (exact) mass is 268 g/mol. The van der Waals surface area contributed by atoms with Crippen LogP contribution >= 0.6 is 24.8 Å². The van der Waals surface area contributed by atoms with Gasteiger partial charge in [-0.15, -0.1) is 24.8 Å². The zero-order chi connectivity index (χ0) is 10.1.